The summed E-state index contributed by atoms with van der Waals surface area (Å²) in [4.78, 5) is 16.9. The van der Waals surface area contributed by atoms with Crippen molar-refractivity contribution in [2.45, 2.75) is 19.4 Å². The third-order valence-corrected chi connectivity index (χ3v) is 4.46. The maximum absolute atomic E-state index is 12.5. The number of hydrogen-bond donors (Lipinski definition) is 2. The van der Waals surface area contributed by atoms with E-state index in [-0.39, 0.29) is 5.91 Å². The van der Waals surface area contributed by atoms with Crippen LogP contribution >= 0.6 is 0 Å². The van der Waals surface area contributed by atoms with Crippen LogP contribution in [-0.2, 0) is 10.3 Å². The van der Waals surface area contributed by atoms with Crippen LogP contribution in [0.1, 0.15) is 29.9 Å². The third kappa shape index (κ3) is 2.79. The van der Waals surface area contributed by atoms with Gasteiger partial charge in [-0.1, -0.05) is 30.3 Å². The summed E-state index contributed by atoms with van der Waals surface area (Å²) in [6.07, 6.45) is 0. The van der Waals surface area contributed by atoms with Crippen LogP contribution in [0.2, 0.25) is 0 Å². The summed E-state index contributed by atoms with van der Waals surface area (Å²) in [5.74, 6) is -0.293. The first-order chi connectivity index (χ1) is 11.9. The fraction of sp³-hybridized carbons (Fsp3) is 0.158. The second-order valence-electron chi connectivity index (χ2n) is 6.63. The second kappa shape index (κ2) is 5.69. The predicted molar refractivity (Wildman–Crippen MR) is 97.9 cm³/mol. The molecule has 0 unspecified atom stereocenters. The van der Waals surface area contributed by atoms with Crippen LogP contribution in [0.5, 0.6) is 0 Å². The maximum Gasteiger partial charge on any atom is 0.492 e. The van der Waals surface area contributed by atoms with Crippen LogP contribution in [0.25, 0.3) is 10.9 Å². The molecule has 5 nitrogen and oxygen atoms in total. The van der Waals surface area contributed by atoms with Crippen molar-refractivity contribution in [3.63, 3.8) is 0 Å². The molecule has 1 aromatic heterocycles. The van der Waals surface area contributed by atoms with Gasteiger partial charge in [0.15, 0.2) is 0 Å². The number of rotatable bonds is 2. The molecule has 2 heterocycles. The summed E-state index contributed by atoms with van der Waals surface area (Å²) in [6, 6.07) is 16.6. The molecule has 25 heavy (non-hydrogen) atoms. The number of benzene rings is 2. The molecule has 1 amide bonds. The summed E-state index contributed by atoms with van der Waals surface area (Å²) in [6.45, 7) is 3.80. The fourth-order valence-electron chi connectivity index (χ4n) is 3.19. The Morgan fingerprint density at radius 2 is 1.96 bits per heavy atom. The van der Waals surface area contributed by atoms with Gasteiger partial charge in [-0.25, -0.2) is 4.98 Å². The first-order valence-electron chi connectivity index (χ1n) is 8.11. The topological polar surface area (TPSA) is 71.5 Å². The first-order valence-corrected chi connectivity index (χ1v) is 8.11. The molecule has 0 saturated carbocycles. The number of carbonyl (C=O) groups is 1. The molecule has 124 valence electrons. The van der Waals surface area contributed by atoms with E-state index >= 15 is 0 Å². The van der Waals surface area contributed by atoms with Gasteiger partial charge in [0, 0.05) is 11.1 Å². The van der Waals surface area contributed by atoms with Crippen LogP contribution < -0.4 is 10.8 Å². The molecule has 1 aliphatic rings. The molecule has 0 aliphatic carbocycles. The van der Waals surface area contributed by atoms with Crippen molar-refractivity contribution in [3.05, 3.63) is 65.9 Å². The van der Waals surface area contributed by atoms with Crippen molar-refractivity contribution in [3.8, 4) is 0 Å². The highest BCUT2D eigenvalue weighted by Gasteiger charge is 2.40. The van der Waals surface area contributed by atoms with Crippen LogP contribution in [0, 0.1) is 0 Å². The van der Waals surface area contributed by atoms with Gasteiger partial charge in [-0.3, -0.25) is 4.79 Å². The summed E-state index contributed by atoms with van der Waals surface area (Å²) >= 11 is 0. The SMILES string of the molecule is CC1(C)OB(O)c2cc(NC(=O)c3ccc4ccccc4n3)ccc21. The molecule has 0 saturated heterocycles. The van der Waals surface area contributed by atoms with Crippen molar-refractivity contribution in [2.24, 2.45) is 0 Å². The van der Waals surface area contributed by atoms with Crippen molar-refractivity contribution in [1.29, 1.82) is 0 Å². The molecule has 2 N–H and O–H groups in total. The predicted octanol–water partition coefficient (Wildman–Crippen LogP) is 2.44. The number of para-hydroxylation sites is 1. The molecule has 0 spiro atoms. The number of pyridine rings is 1. The number of hydrogen-bond acceptors (Lipinski definition) is 4. The van der Waals surface area contributed by atoms with Gasteiger partial charge in [-0.2, -0.15) is 0 Å². The minimum Gasteiger partial charge on any atom is -0.423 e. The zero-order chi connectivity index (χ0) is 17.6. The highest BCUT2D eigenvalue weighted by atomic mass is 16.5. The summed E-state index contributed by atoms with van der Waals surface area (Å²) < 4.78 is 5.54. The zero-order valence-corrected chi connectivity index (χ0v) is 14.0. The molecule has 0 fully saturated rings. The van der Waals surface area contributed by atoms with E-state index in [4.69, 9.17) is 4.65 Å². The molecule has 2 aromatic carbocycles. The summed E-state index contributed by atoms with van der Waals surface area (Å²) in [5.41, 5.74) is 2.76. The molecule has 1 aliphatic heterocycles. The Hall–Kier alpha value is -2.70. The van der Waals surface area contributed by atoms with E-state index in [1.165, 1.54) is 0 Å². The standard InChI is InChI=1S/C19H17BN2O3/c1-19(2)14-9-8-13(11-15(14)20(24)25-19)21-18(23)17-10-7-12-5-3-4-6-16(12)22-17/h3-11,24H,1-2H3,(H,21,23). The number of carbonyl (C=O) groups excluding carboxylic acids is 1. The quantitative estimate of drug-likeness (QED) is 0.707. The van der Waals surface area contributed by atoms with Crippen LogP contribution in [0.4, 0.5) is 5.69 Å². The van der Waals surface area contributed by atoms with Crippen molar-refractivity contribution >= 4 is 35.1 Å². The monoisotopic (exact) mass is 332 g/mol. The second-order valence-corrected chi connectivity index (χ2v) is 6.63. The van der Waals surface area contributed by atoms with Gasteiger partial charge in [0.1, 0.15) is 5.69 Å². The lowest BCUT2D eigenvalue weighted by atomic mass is 9.78. The first kappa shape index (κ1) is 15.8. The van der Waals surface area contributed by atoms with E-state index in [0.717, 1.165) is 16.5 Å². The Labute approximate surface area is 145 Å². The highest BCUT2D eigenvalue weighted by Crippen LogP contribution is 2.30. The summed E-state index contributed by atoms with van der Waals surface area (Å²) in [5, 5.41) is 13.9. The Morgan fingerprint density at radius 3 is 2.80 bits per heavy atom. The van der Waals surface area contributed by atoms with E-state index in [2.05, 4.69) is 10.3 Å². The van der Waals surface area contributed by atoms with E-state index in [1.54, 1.807) is 18.2 Å². The third-order valence-electron chi connectivity index (χ3n) is 4.46. The van der Waals surface area contributed by atoms with E-state index in [0.29, 0.717) is 16.8 Å². The molecule has 4 rings (SSSR count). The average molecular weight is 332 g/mol. The molecule has 0 atom stereocenters. The molecule has 0 radical (unpaired) electrons. The molecular weight excluding hydrogens is 315 g/mol. The largest absolute Gasteiger partial charge is 0.492 e. The van der Waals surface area contributed by atoms with E-state index in [9.17, 15) is 9.82 Å². The Kier molecular flexibility index (Phi) is 3.60. The minimum atomic E-state index is -0.986. The minimum absolute atomic E-state index is 0.293. The Balaban J connectivity index is 1.61. The number of fused-ring (bicyclic) bond motifs is 2. The van der Waals surface area contributed by atoms with Crippen molar-refractivity contribution < 1.29 is 14.5 Å². The summed E-state index contributed by atoms with van der Waals surface area (Å²) in [7, 11) is -0.986. The molecule has 0 bridgehead atoms. The Bertz CT molecular complexity index is 987. The lowest BCUT2D eigenvalue weighted by Gasteiger charge is -2.19. The van der Waals surface area contributed by atoms with Crippen molar-refractivity contribution in [1.82, 2.24) is 4.98 Å². The number of aromatic nitrogens is 1. The molecule has 6 heteroatoms. The lowest BCUT2D eigenvalue weighted by Crippen LogP contribution is -2.29. The van der Waals surface area contributed by atoms with Gasteiger partial charge in [-0.05, 0) is 49.1 Å². The highest BCUT2D eigenvalue weighted by molar-refractivity contribution is 6.62. The number of anilines is 1. The average Bonchev–Trinajstić information content (AvgIpc) is 2.83. The van der Waals surface area contributed by atoms with Crippen molar-refractivity contribution in [2.75, 3.05) is 5.32 Å². The number of amides is 1. The fourth-order valence-corrected chi connectivity index (χ4v) is 3.19. The number of nitrogens with one attached hydrogen (secondary N) is 1. The smallest absolute Gasteiger partial charge is 0.423 e. The van der Waals surface area contributed by atoms with Gasteiger partial charge < -0.3 is 15.0 Å². The van der Waals surface area contributed by atoms with Gasteiger partial charge in [0.25, 0.3) is 5.91 Å². The zero-order valence-electron chi connectivity index (χ0n) is 14.0. The molecule has 3 aromatic rings. The van der Waals surface area contributed by atoms with Gasteiger partial charge >= 0.3 is 7.12 Å². The lowest BCUT2D eigenvalue weighted by molar-refractivity contribution is 0.100. The Morgan fingerprint density at radius 1 is 1.16 bits per heavy atom. The van der Waals surface area contributed by atoms with Crippen LogP contribution in [0.15, 0.2) is 54.6 Å². The van der Waals surface area contributed by atoms with E-state index < -0.39 is 12.7 Å². The van der Waals surface area contributed by atoms with Crippen LogP contribution in [-0.4, -0.2) is 23.0 Å². The van der Waals surface area contributed by atoms with Crippen LogP contribution in [0.3, 0.4) is 0 Å². The van der Waals surface area contributed by atoms with Gasteiger partial charge in [-0.15, -0.1) is 0 Å². The maximum atomic E-state index is 12.5. The van der Waals surface area contributed by atoms with Gasteiger partial charge in [0.2, 0.25) is 0 Å². The normalized spacial score (nSPS) is 15.2. The van der Waals surface area contributed by atoms with E-state index in [1.807, 2.05) is 50.2 Å². The van der Waals surface area contributed by atoms with Gasteiger partial charge in [0.05, 0.1) is 11.1 Å². The number of nitrogens with zero attached hydrogens (tertiary/aromatic N) is 1. The molecular formula is C19H17BN2O3.